The van der Waals surface area contributed by atoms with Crippen molar-refractivity contribution in [3.63, 3.8) is 0 Å². The summed E-state index contributed by atoms with van der Waals surface area (Å²) in [5.41, 5.74) is 1.77. The highest BCUT2D eigenvalue weighted by atomic mass is 16.6. The monoisotopic (exact) mass is 372 g/mol. The first-order valence-electron chi connectivity index (χ1n) is 8.46. The van der Waals surface area contributed by atoms with Gasteiger partial charge in [-0.25, -0.2) is 4.79 Å². The number of benzene rings is 1. The summed E-state index contributed by atoms with van der Waals surface area (Å²) in [7, 11) is 5.63. The molecule has 0 amide bonds. The summed E-state index contributed by atoms with van der Waals surface area (Å²) < 4.78 is 10.8. The molecule has 10 heteroatoms. The lowest BCUT2D eigenvalue weighted by Gasteiger charge is -2.22. The van der Waals surface area contributed by atoms with Crippen LogP contribution in [0, 0.1) is 10.1 Å². The number of hydrogen-bond donors (Lipinski definition) is 0. The van der Waals surface area contributed by atoms with Gasteiger partial charge in [0.25, 0.3) is 0 Å². The van der Waals surface area contributed by atoms with Crippen LogP contribution in [0.15, 0.2) is 29.2 Å². The first-order chi connectivity index (χ1) is 12.7. The number of ether oxygens (including phenoxy) is 1. The summed E-state index contributed by atoms with van der Waals surface area (Å²) in [5, 5.41) is 10.9. The number of imidazole rings is 2. The average Bonchev–Trinajstić information content (AvgIpc) is 3.19. The third kappa shape index (κ3) is 2.64. The van der Waals surface area contributed by atoms with Crippen LogP contribution >= 0.6 is 0 Å². The molecule has 0 spiro atoms. The fourth-order valence-electron chi connectivity index (χ4n) is 3.53. The van der Waals surface area contributed by atoms with E-state index < -0.39 is 10.5 Å². The Labute approximate surface area is 154 Å². The Morgan fingerprint density at radius 1 is 1.37 bits per heavy atom. The number of nitrogens with zero attached hydrogens (tertiary/aromatic N) is 6. The molecule has 3 aromatic rings. The smallest absolute Gasteiger partial charge is 0.415 e. The van der Waals surface area contributed by atoms with Gasteiger partial charge in [-0.2, -0.15) is 0 Å². The van der Waals surface area contributed by atoms with Crippen LogP contribution in [0.1, 0.15) is 6.92 Å². The second kappa shape index (κ2) is 5.60. The van der Waals surface area contributed by atoms with Gasteiger partial charge in [-0.1, -0.05) is 0 Å². The van der Waals surface area contributed by atoms with Crippen molar-refractivity contribution in [3.05, 3.63) is 45.0 Å². The predicted octanol–water partition coefficient (Wildman–Crippen LogP) is 1.36. The van der Waals surface area contributed by atoms with Crippen molar-refractivity contribution in [2.45, 2.75) is 25.6 Å². The Balaban J connectivity index is 1.72. The number of hydrogen-bond acceptors (Lipinski definition) is 6. The van der Waals surface area contributed by atoms with Gasteiger partial charge in [0.1, 0.15) is 11.8 Å². The van der Waals surface area contributed by atoms with E-state index in [-0.39, 0.29) is 17.5 Å². The van der Waals surface area contributed by atoms with Gasteiger partial charge in [-0.15, -0.1) is 0 Å². The van der Waals surface area contributed by atoms with Gasteiger partial charge in [0.15, 0.2) is 0 Å². The van der Waals surface area contributed by atoms with Crippen molar-refractivity contribution in [3.8, 4) is 6.01 Å². The number of nitro groups is 1. The molecule has 3 heterocycles. The fraction of sp³-hybridized carbons (Fsp3) is 0.412. The molecule has 0 bridgehead atoms. The van der Waals surface area contributed by atoms with Crippen LogP contribution in [-0.4, -0.2) is 43.3 Å². The second-order valence-electron chi connectivity index (χ2n) is 7.31. The Morgan fingerprint density at radius 3 is 2.74 bits per heavy atom. The summed E-state index contributed by atoms with van der Waals surface area (Å²) in [6.07, 6.45) is 1.36. The molecule has 1 aromatic carbocycles. The topological polar surface area (TPSA) is 100 Å². The Bertz CT molecular complexity index is 1100. The summed E-state index contributed by atoms with van der Waals surface area (Å²) in [6, 6.07) is 6.06. The quantitative estimate of drug-likeness (QED) is 0.506. The summed E-state index contributed by atoms with van der Waals surface area (Å²) >= 11 is 0. The summed E-state index contributed by atoms with van der Waals surface area (Å²) in [6.45, 7) is 2.55. The van der Waals surface area contributed by atoms with Gasteiger partial charge in [-0.3, -0.25) is 13.7 Å². The molecule has 10 nitrogen and oxygen atoms in total. The molecule has 1 atom stereocenters. The van der Waals surface area contributed by atoms with E-state index in [0.29, 0.717) is 13.1 Å². The largest absolute Gasteiger partial charge is 0.436 e. The molecule has 0 saturated carbocycles. The minimum absolute atomic E-state index is 0.138. The molecule has 0 saturated heterocycles. The van der Waals surface area contributed by atoms with Crippen LogP contribution in [-0.2, 0) is 20.1 Å². The third-order valence-electron chi connectivity index (χ3n) is 4.89. The van der Waals surface area contributed by atoms with Crippen LogP contribution in [0.3, 0.4) is 0 Å². The maximum Gasteiger partial charge on any atom is 0.415 e. The van der Waals surface area contributed by atoms with E-state index in [1.165, 1.54) is 6.20 Å². The zero-order valence-electron chi connectivity index (χ0n) is 15.5. The van der Waals surface area contributed by atoms with Crippen LogP contribution in [0.5, 0.6) is 6.01 Å². The molecule has 0 radical (unpaired) electrons. The molecule has 0 N–H and O–H groups in total. The highest BCUT2D eigenvalue weighted by Gasteiger charge is 2.41. The van der Waals surface area contributed by atoms with Gasteiger partial charge in [0, 0.05) is 31.8 Å². The van der Waals surface area contributed by atoms with Gasteiger partial charge < -0.3 is 19.8 Å². The van der Waals surface area contributed by atoms with Crippen molar-refractivity contribution < 1.29 is 9.66 Å². The van der Waals surface area contributed by atoms with Crippen LogP contribution in [0.2, 0.25) is 0 Å². The first kappa shape index (κ1) is 17.1. The lowest BCUT2D eigenvalue weighted by atomic mass is 10.1. The van der Waals surface area contributed by atoms with E-state index in [4.69, 9.17) is 4.74 Å². The fourth-order valence-corrected chi connectivity index (χ4v) is 3.53. The first-order valence-corrected chi connectivity index (χ1v) is 8.46. The standard InChI is InChI=1S/C17H20N6O4/c1-17(9-21-8-14(23(25)26)18-15(21)27-17)10-22-13-7-11(19(2)3)5-6-12(13)20(4)16(22)24/h5-8H,9-10H2,1-4H3. The summed E-state index contributed by atoms with van der Waals surface area (Å²) in [4.78, 5) is 29.0. The molecule has 1 unspecified atom stereocenters. The molecular formula is C17H20N6O4. The number of fused-ring (bicyclic) bond motifs is 2. The van der Waals surface area contributed by atoms with E-state index in [9.17, 15) is 14.9 Å². The minimum Gasteiger partial charge on any atom is -0.436 e. The molecule has 2 aromatic heterocycles. The lowest BCUT2D eigenvalue weighted by Crippen LogP contribution is -2.40. The van der Waals surface area contributed by atoms with E-state index in [0.717, 1.165) is 16.7 Å². The van der Waals surface area contributed by atoms with Crippen molar-refractivity contribution in [2.75, 3.05) is 19.0 Å². The van der Waals surface area contributed by atoms with Crippen molar-refractivity contribution in [1.29, 1.82) is 0 Å². The molecule has 4 rings (SSSR count). The molecular weight excluding hydrogens is 352 g/mol. The van der Waals surface area contributed by atoms with Gasteiger partial charge in [0.05, 0.1) is 24.1 Å². The number of anilines is 1. The van der Waals surface area contributed by atoms with Crippen molar-refractivity contribution in [1.82, 2.24) is 18.7 Å². The average molecular weight is 372 g/mol. The van der Waals surface area contributed by atoms with E-state index in [2.05, 4.69) is 4.98 Å². The predicted molar refractivity (Wildman–Crippen MR) is 99.4 cm³/mol. The maximum atomic E-state index is 12.8. The van der Waals surface area contributed by atoms with Gasteiger partial charge >= 0.3 is 17.5 Å². The molecule has 1 aliphatic heterocycles. The van der Waals surface area contributed by atoms with Crippen LogP contribution in [0.25, 0.3) is 11.0 Å². The van der Waals surface area contributed by atoms with Crippen LogP contribution < -0.4 is 15.3 Å². The Kier molecular flexibility index (Phi) is 3.55. The van der Waals surface area contributed by atoms with E-state index >= 15 is 0 Å². The number of aryl methyl sites for hydroxylation is 1. The number of aromatic nitrogens is 4. The molecule has 1 aliphatic rings. The highest BCUT2D eigenvalue weighted by Crippen LogP contribution is 2.32. The van der Waals surface area contributed by atoms with Gasteiger partial charge in [0.2, 0.25) is 0 Å². The molecule has 0 fully saturated rings. The third-order valence-corrected chi connectivity index (χ3v) is 4.89. The molecule has 27 heavy (non-hydrogen) atoms. The minimum atomic E-state index is -0.732. The van der Waals surface area contributed by atoms with Crippen molar-refractivity contribution in [2.24, 2.45) is 7.05 Å². The highest BCUT2D eigenvalue weighted by molar-refractivity contribution is 5.80. The Morgan fingerprint density at radius 2 is 2.11 bits per heavy atom. The van der Waals surface area contributed by atoms with Crippen LogP contribution in [0.4, 0.5) is 11.5 Å². The van der Waals surface area contributed by atoms with Crippen molar-refractivity contribution >= 4 is 22.5 Å². The SMILES string of the molecule is CN(C)c1ccc2c(c1)n(CC1(C)Cn3cc([N+](=O)[O-])nc3O1)c(=O)n2C. The normalized spacial score (nSPS) is 18.5. The van der Waals surface area contributed by atoms with E-state index in [1.807, 2.05) is 44.1 Å². The molecule has 0 aliphatic carbocycles. The lowest BCUT2D eigenvalue weighted by molar-refractivity contribution is -0.389. The summed E-state index contributed by atoms with van der Waals surface area (Å²) in [5.74, 6) is -0.245. The maximum absolute atomic E-state index is 12.8. The molecule has 142 valence electrons. The number of rotatable bonds is 4. The zero-order chi connectivity index (χ0) is 19.5. The second-order valence-corrected chi connectivity index (χ2v) is 7.31. The Hall–Kier alpha value is -3.30. The van der Waals surface area contributed by atoms with E-state index in [1.54, 1.807) is 20.7 Å². The van der Waals surface area contributed by atoms with Gasteiger partial charge in [-0.05, 0) is 30.0 Å². The zero-order valence-corrected chi connectivity index (χ0v) is 15.5.